The number of carbonyl (C=O) groups is 1. The lowest BCUT2D eigenvalue weighted by Gasteiger charge is -2.40. The third-order valence-electron chi connectivity index (χ3n) is 5.74. The van der Waals surface area contributed by atoms with E-state index in [9.17, 15) is 4.79 Å². The Balaban J connectivity index is 1.77. The van der Waals surface area contributed by atoms with Crippen LogP contribution in [0.15, 0.2) is 47.1 Å². The third-order valence-corrected chi connectivity index (χ3v) is 6.11. The maximum absolute atomic E-state index is 13.0. The normalized spacial score (nSPS) is 17.0. The summed E-state index contributed by atoms with van der Waals surface area (Å²) >= 11 is 6.44. The van der Waals surface area contributed by atoms with Gasteiger partial charge in [-0.05, 0) is 68.0 Å². The fraction of sp³-hybridized carbons (Fsp3) is 0.522. The predicted octanol–water partition coefficient (Wildman–Crippen LogP) is 4.98. The van der Waals surface area contributed by atoms with Crippen molar-refractivity contribution in [3.8, 4) is 0 Å². The van der Waals surface area contributed by atoms with Crippen molar-refractivity contribution in [3.63, 3.8) is 0 Å². The summed E-state index contributed by atoms with van der Waals surface area (Å²) in [6.45, 7) is 7.85. The molecule has 0 aliphatic carbocycles. The minimum Gasteiger partial charge on any atom is -0.459 e. The van der Waals surface area contributed by atoms with Gasteiger partial charge in [0.25, 0.3) is 5.91 Å². The molecule has 1 aliphatic heterocycles. The second kappa shape index (κ2) is 9.62. The van der Waals surface area contributed by atoms with Gasteiger partial charge in [0.05, 0.1) is 6.26 Å². The van der Waals surface area contributed by atoms with E-state index in [1.165, 1.54) is 0 Å². The topological polar surface area (TPSA) is 36.7 Å². The van der Waals surface area contributed by atoms with Crippen LogP contribution in [-0.2, 0) is 6.42 Å². The predicted molar refractivity (Wildman–Crippen MR) is 114 cm³/mol. The minimum absolute atomic E-state index is 0.0633. The molecule has 0 N–H and O–H groups in total. The Morgan fingerprint density at radius 1 is 1.21 bits per heavy atom. The molecule has 152 valence electrons. The molecule has 1 saturated heterocycles. The van der Waals surface area contributed by atoms with Crippen LogP contribution in [0.1, 0.15) is 42.8 Å². The molecule has 0 radical (unpaired) electrons. The van der Waals surface area contributed by atoms with Crippen LogP contribution in [0.2, 0.25) is 5.02 Å². The van der Waals surface area contributed by atoms with Crippen LogP contribution < -0.4 is 0 Å². The van der Waals surface area contributed by atoms with Gasteiger partial charge in [-0.1, -0.05) is 43.6 Å². The number of halogens is 1. The standard InChI is InChI=1S/C23H31ClN2O2/c1-17(2)16-26-12-10-18(11-13-26)21(15-19-7-4-5-8-20(19)24)25(3)23(27)22-9-6-14-28-22/h4-9,14,17-18,21H,10-13,15-16H2,1-3H3. The van der Waals surface area contributed by atoms with Crippen molar-refractivity contribution < 1.29 is 9.21 Å². The van der Waals surface area contributed by atoms with Gasteiger partial charge in [-0.25, -0.2) is 0 Å². The first-order valence-corrected chi connectivity index (χ1v) is 10.6. The number of likely N-dealkylation sites (N-methyl/N-ethyl adjacent to an activating group) is 1. The van der Waals surface area contributed by atoms with E-state index < -0.39 is 0 Å². The Bertz CT molecular complexity index is 752. The Morgan fingerprint density at radius 2 is 1.93 bits per heavy atom. The maximum Gasteiger partial charge on any atom is 0.289 e. The molecule has 1 aliphatic rings. The van der Waals surface area contributed by atoms with Crippen LogP contribution in [0.25, 0.3) is 0 Å². The molecule has 28 heavy (non-hydrogen) atoms. The molecule has 5 heteroatoms. The van der Waals surface area contributed by atoms with E-state index in [-0.39, 0.29) is 11.9 Å². The van der Waals surface area contributed by atoms with Gasteiger partial charge in [-0.3, -0.25) is 4.79 Å². The summed E-state index contributed by atoms with van der Waals surface area (Å²) in [6.07, 6.45) is 4.50. The molecule has 0 saturated carbocycles. The van der Waals surface area contributed by atoms with E-state index in [0.717, 1.165) is 49.5 Å². The Morgan fingerprint density at radius 3 is 2.54 bits per heavy atom. The molecule has 0 bridgehead atoms. The summed E-state index contributed by atoms with van der Waals surface area (Å²) in [5.41, 5.74) is 1.10. The van der Waals surface area contributed by atoms with Gasteiger partial charge in [-0.15, -0.1) is 0 Å². The molecule has 2 aromatic rings. The summed E-state index contributed by atoms with van der Waals surface area (Å²) in [7, 11) is 1.90. The first kappa shape index (κ1) is 20.9. The average molecular weight is 403 g/mol. The van der Waals surface area contributed by atoms with Crippen LogP contribution in [-0.4, -0.2) is 48.4 Å². The monoisotopic (exact) mass is 402 g/mol. The Kier molecular flexibility index (Phi) is 7.19. The number of rotatable bonds is 7. The lowest BCUT2D eigenvalue weighted by Crippen LogP contribution is -2.47. The quantitative estimate of drug-likeness (QED) is 0.655. The largest absolute Gasteiger partial charge is 0.459 e. The van der Waals surface area contributed by atoms with E-state index in [4.69, 9.17) is 16.0 Å². The number of furan rings is 1. The van der Waals surface area contributed by atoms with Gasteiger partial charge in [0.2, 0.25) is 0 Å². The summed E-state index contributed by atoms with van der Waals surface area (Å²) in [5, 5.41) is 0.767. The lowest BCUT2D eigenvalue weighted by atomic mass is 9.84. The zero-order valence-corrected chi connectivity index (χ0v) is 17.9. The number of piperidine rings is 1. The van der Waals surface area contributed by atoms with E-state index in [2.05, 4.69) is 24.8 Å². The van der Waals surface area contributed by atoms with Crippen molar-refractivity contribution in [2.75, 3.05) is 26.7 Å². The molecule has 3 rings (SSSR count). The van der Waals surface area contributed by atoms with E-state index in [1.807, 2.05) is 30.1 Å². The van der Waals surface area contributed by atoms with Crippen molar-refractivity contribution >= 4 is 17.5 Å². The molecule has 4 nitrogen and oxygen atoms in total. The molecule has 2 heterocycles. The number of hydrogen-bond donors (Lipinski definition) is 0. The fourth-order valence-corrected chi connectivity index (χ4v) is 4.48. The second-order valence-electron chi connectivity index (χ2n) is 8.29. The second-order valence-corrected chi connectivity index (χ2v) is 8.70. The number of carbonyl (C=O) groups excluding carboxylic acids is 1. The van der Waals surface area contributed by atoms with E-state index in [1.54, 1.807) is 18.4 Å². The summed E-state index contributed by atoms with van der Waals surface area (Å²) < 4.78 is 5.36. The molecular formula is C23H31ClN2O2. The number of likely N-dealkylation sites (tertiary alicyclic amines) is 1. The summed E-state index contributed by atoms with van der Waals surface area (Å²) in [6, 6.07) is 11.5. The summed E-state index contributed by atoms with van der Waals surface area (Å²) in [5.74, 6) is 1.46. The van der Waals surface area contributed by atoms with Crippen molar-refractivity contribution in [3.05, 3.63) is 59.0 Å². The molecule has 1 unspecified atom stereocenters. The highest BCUT2D eigenvalue weighted by atomic mass is 35.5. The Labute approximate surface area is 173 Å². The highest BCUT2D eigenvalue weighted by molar-refractivity contribution is 6.31. The van der Waals surface area contributed by atoms with Crippen molar-refractivity contribution in [2.24, 2.45) is 11.8 Å². The van der Waals surface area contributed by atoms with Crippen LogP contribution in [0.5, 0.6) is 0 Å². The zero-order chi connectivity index (χ0) is 20.1. The maximum atomic E-state index is 13.0. The first-order chi connectivity index (χ1) is 13.5. The fourth-order valence-electron chi connectivity index (χ4n) is 4.27. The van der Waals surface area contributed by atoms with E-state index in [0.29, 0.717) is 17.6 Å². The van der Waals surface area contributed by atoms with Crippen LogP contribution in [0, 0.1) is 11.8 Å². The summed E-state index contributed by atoms with van der Waals surface area (Å²) in [4.78, 5) is 17.4. The molecule has 1 aromatic heterocycles. The van der Waals surface area contributed by atoms with Gasteiger partial charge in [-0.2, -0.15) is 0 Å². The number of benzene rings is 1. The smallest absolute Gasteiger partial charge is 0.289 e. The minimum atomic E-state index is -0.0633. The molecule has 1 aromatic carbocycles. The molecule has 1 fully saturated rings. The van der Waals surface area contributed by atoms with Gasteiger partial charge in [0.15, 0.2) is 5.76 Å². The third kappa shape index (κ3) is 5.18. The SMILES string of the molecule is CC(C)CN1CCC(C(Cc2ccccc2Cl)N(C)C(=O)c2ccco2)CC1. The number of amides is 1. The lowest BCUT2D eigenvalue weighted by molar-refractivity contribution is 0.0553. The zero-order valence-electron chi connectivity index (χ0n) is 17.1. The van der Waals surface area contributed by atoms with Gasteiger partial charge < -0.3 is 14.2 Å². The van der Waals surface area contributed by atoms with Crippen LogP contribution >= 0.6 is 11.6 Å². The van der Waals surface area contributed by atoms with Crippen LogP contribution in [0.3, 0.4) is 0 Å². The molecule has 1 atom stereocenters. The van der Waals surface area contributed by atoms with Gasteiger partial charge >= 0.3 is 0 Å². The molecule has 1 amide bonds. The highest BCUT2D eigenvalue weighted by Gasteiger charge is 2.33. The van der Waals surface area contributed by atoms with Crippen molar-refractivity contribution in [2.45, 2.75) is 39.2 Å². The van der Waals surface area contributed by atoms with Gasteiger partial charge in [0.1, 0.15) is 0 Å². The Hall–Kier alpha value is -1.78. The number of hydrogen-bond acceptors (Lipinski definition) is 3. The highest BCUT2D eigenvalue weighted by Crippen LogP contribution is 2.29. The van der Waals surface area contributed by atoms with Crippen LogP contribution in [0.4, 0.5) is 0 Å². The van der Waals surface area contributed by atoms with Crippen molar-refractivity contribution in [1.29, 1.82) is 0 Å². The first-order valence-electron chi connectivity index (χ1n) is 10.2. The van der Waals surface area contributed by atoms with Gasteiger partial charge in [0, 0.05) is 24.7 Å². The average Bonchev–Trinajstić information content (AvgIpc) is 3.21. The number of nitrogens with zero attached hydrogens (tertiary/aromatic N) is 2. The van der Waals surface area contributed by atoms with Crippen molar-refractivity contribution in [1.82, 2.24) is 9.80 Å². The molecular weight excluding hydrogens is 372 g/mol. The van der Waals surface area contributed by atoms with E-state index >= 15 is 0 Å². The molecule has 0 spiro atoms.